The Morgan fingerprint density at radius 2 is 1.10 bits per heavy atom. The lowest BCUT2D eigenvalue weighted by Gasteiger charge is -2.46. The average molecular weight is 633 g/mol. The Bertz CT molecular complexity index is 2520. The highest BCUT2D eigenvalue weighted by Gasteiger charge is 2.45. The Morgan fingerprint density at radius 1 is 0.571 bits per heavy atom. The molecule has 6 aromatic carbocycles. The predicted octanol–water partition coefficient (Wildman–Crippen LogP) is 9.65. The molecule has 9 rings (SSSR count). The molecule has 0 radical (unpaired) electrons. The van der Waals surface area contributed by atoms with E-state index in [2.05, 4.69) is 160 Å². The van der Waals surface area contributed by atoms with Gasteiger partial charge in [-0.3, -0.25) is 9.98 Å². The largest absolute Gasteiger partial charge is 0.311 e. The summed E-state index contributed by atoms with van der Waals surface area (Å²) in [5.74, 6) is 0. The lowest BCUT2D eigenvalue weighted by molar-refractivity contribution is 1.22. The van der Waals surface area contributed by atoms with Gasteiger partial charge in [0.2, 0.25) is 0 Å². The second-order valence-electron chi connectivity index (χ2n) is 13.9. The first-order valence-electron chi connectivity index (χ1n) is 17.1. The van der Waals surface area contributed by atoms with Gasteiger partial charge in [0, 0.05) is 50.3 Å². The third-order valence-electron chi connectivity index (χ3n) is 10.6. The molecule has 5 heteroatoms. The maximum absolute atomic E-state index is 5.29. The van der Waals surface area contributed by atoms with Crippen molar-refractivity contribution in [2.45, 2.75) is 41.5 Å². The zero-order valence-electron chi connectivity index (χ0n) is 28.9. The van der Waals surface area contributed by atoms with Crippen LogP contribution in [0.3, 0.4) is 0 Å². The summed E-state index contributed by atoms with van der Waals surface area (Å²) in [4.78, 5) is 14.9. The zero-order chi connectivity index (χ0) is 33.7. The molecule has 0 unspecified atom stereocenters. The highest BCUT2D eigenvalue weighted by molar-refractivity contribution is 7.00. The smallest absolute Gasteiger partial charge is 0.252 e. The van der Waals surface area contributed by atoms with Crippen LogP contribution in [-0.4, -0.2) is 18.4 Å². The molecular formula is C44H37BN4. The molecule has 4 nitrogen and oxygen atoms in total. The van der Waals surface area contributed by atoms with E-state index < -0.39 is 0 Å². The van der Waals surface area contributed by atoms with Crippen molar-refractivity contribution in [3.8, 4) is 0 Å². The molecule has 0 saturated heterocycles. The summed E-state index contributed by atoms with van der Waals surface area (Å²) in [6.45, 7) is 17.2. The van der Waals surface area contributed by atoms with Crippen molar-refractivity contribution in [3.63, 3.8) is 0 Å². The van der Waals surface area contributed by atoms with Crippen LogP contribution in [0.1, 0.15) is 33.5 Å². The maximum Gasteiger partial charge on any atom is 0.252 e. The minimum absolute atomic E-state index is 0.0316. The Morgan fingerprint density at radius 3 is 1.65 bits per heavy atom. The van der Waals surface area contributed by atoms with Gasteiger partial charge in [-0.25, -0.2) is 0 Å². The Kier molecular flexibility index (Phi) is 6.41. The SMILES string of the molecule is C=Nc1cccc2nc(C)c3c4c5c(c(C)c3c12)N(c1ccc(C)cc1)c1ccc(C)cc1B5c1cc(C)ccc1N4c1ccc(C)cc1. The molecule has 7 aromatic rings. The first-order chi connectivity index (χ1) is 23.7. The van der Waals surface area contributed by atoms with E-state index in [1.165, 1.54) is 72.3 Å². The number of nitrogens with zero attached hydrogens (tertiary/aromatic N) is 4. The highest BCUT2D eigenvalue weighted by atomic mass is 15.2. The molecule has 0 bridgehead atoms. The molecule has 0 N–H and O–H groups in total. The lowest BCUT2D eigenvalue weighted by Crippen LogP contribution is -2.61. The van der Waals surface area contributed by atoms with Crippen molar-refractivity contribution >= 4 is 91.3 Å². The van der Waals surface area contributed by atoms with Crippen molar-refractivity contribution < 1.29 is 0 Å². The molecule has 0 atom stereocenters. The minimum Gasteiger partial charge on any atom is -0.311 e. The van der Waals surface area contributed by atoms with Crippen LogP contribution < -0.4 is 26.2 Å². The summed E-state index contributed by atoms with van der Waals surface area (Å²) in [6, 6.07) is 38.1. The molecule has 3 heterocycles. The molecule has 1 aromatic heterocycles. The number of aryl methyl sites for hydroxylation is 6. The van der Waals surface area contributed by atoms with Gasteiger partial charge in [0.1, 0.15) is 0 Å². The van der Waals surface area contributed by atoms with Crippen LogP contribution >= 0.6 is 0 Å². The minimum atomic E-state index is 0.0316. The number of anilines is 6. The van der Waals surface area contributed by atoms with Crippen molar-refractivity contribution in [3.05, 3.63) is 137 Å². The van der Waals surface area contributed by atoms with Crippen LogP contribution in [0.15, 0.2) is 108 Å². The van der Waals surface area contributed by atoms with Gasteiger partial charge in [0.25, 0.3) is 6.71 Å². The first kappa shape index (κ1) is 29.5. The van der Waals surface area contributed by atoms with Crippen LogP contribution in [-0.2, 0) is 0 Å². The third kappa shape index (κ3) is 4.18. The second kappa shape index (κ2) is 10.7. The summed E-state index contributed by atoms with van der Waals surface area (Å²) >= 11 is 0. The molecule has 0 spiro atoms. The average Bonchev–Trinajstić information content (AvgIpc) is 3.10. The Hall–Kier alpha value is -5.68. The van der Waals surface area contributed by atoms with Crippen LogP contribution in [0.5, 0.6) is 0 Å². The van der Waals surface area contributed by atoms with E-state index >= 15 is 0 Å². The van der Waals surface area contributed by atoms with E-state index in [9.17, 15) is 0 Å². The van der Waals surface area contributed by atoms with Gasteiger partial charge < -0.3 is 9.80 Å². The fraction of sp³-hybridized carbons (Fsp3) is 0.136. The van der Waals surface area contributed by atoms with Crippen molar-refractivity contribution in [1.82, 2.24) is 4.98 Å². The van der Waals surface area contributed by atoms with Crippen molar-refractivity contribution in [1.29, 1.82) is 0 Å². The lowest BCUT2D eigenvalue weighted by atomic mass is 9.33. The number of benzene rings is 6. The molecule has 236 valence electrons. The molecule has 0 fully saturated rings. The topological polar surface area (TPSA) is 31.7 Å². The summed E-state index contributed by atoms with van der Waals surface area (Å²) in [5, 5.41) is 3.39. The van der Waals surface area contributed by atoms with E-state index in [0.29, 0.717) is 0 Å². The van der Waals surface area contributed by atoms with Gasteiger partial charge in [-0.05, 0) is 119 Å². The van der Waals surface area contributed by atoms with Crippen LogP contribution in [0.25, 0.3) is 21.7 Å². The number of rotatable bonds is 3. The van der Waals surface area contributed by atoms with Gasteiger partial charge in [0.05, 0.1) is 16.9 Å². The molecule has 49 heavy (non-hydrogen) atoms. The van der Waals surface area contributed by atoms with Crippen molar-refractivity contribution in [2.24, 2.45) is 4.99 Å². The van der Waals surface area contributed by atoms with Gasteiger partial charge in [-0.15, -0.1) is 0 Å². The Balaban J connectivity index is 1.56. The molecule has 2 aliphatic rings. The van der Waals surface area contributed by atoms with E-state index in [-0.39, 0.29) is 6.71 Å². The highest BCUT2D eigenvalue weighted by Crippen LogP contribution is 2.51. The van der Waals surface area contributed by atoms with Crippen LogP contribution in [0, 0.1) is 41.5 Å². The second-order valence-corrected chi connectivity index (χ2v) is 13.9. The number of hydrogen-bond donors (Lipinski definition) is 0. The molecular weight excluding hydrogens is 595 g/mol. The molecule has 0 aliphatic carbocycles. The number of fused-ring (bicyclic) bond motifs is 8. The molecule has 2 aliphatic heterocycles. The van der Waals surface area contributed by atoms with E-state index in [4.69, 9.17) is 4.98 Å². The van der Waals surface area contributed by atoms with Gasteiger partial charge in [0.15, 0.2) is 0 Å². The zero-order valence-corrected chi connectivity index (χ0v) is 28.9. The summed E-state index contributed by atoms with van der Waals surface area (Å²) in [6.07, 6.45) is 0. The summed E-state index contributed by atoms with van der Waals surface area (Å²) in [7, 11) is 0. The fourth-order valence-electron chi connectivity index (χ4n) is 8.44. The number of pyridine rings is 1. The van der Waals surface area contributed by atoms with Gasteiger partial charge >= 0.3 is 0 Å². The Labute approximate surface area is 288 Å². The van der Waals surface area contributed by atoms with Crippen LogP contribution in [0.2, 0.25) is 0 Å². The third-order valence-corrected chi connectivity index (χ3v) is 10.6. The predicted molar refractivity (Wildman–Crippen MR) is 211 cm³/mol. The number of aliphatic imine (C=N–C) groups is 1. The standard InChI is InChI=1S/C44H37BN4/c1-25-11-17-31(18-12-25)48-37-21-15-27(3)23-33(37)45-34-24-28(4)16-22-38(34)49(32-19-13-26(2)14-20-32)44-40-30(6)47-36-10-8-9-35(46-7)41(36)39(40)29(5)43(48)42(44)45/h8-24H,7H2,1-6H3. The summed E-state index contributed by atoms with van der Waals surface area (Å²) < 4.78 is 0. The maximum atomic E-state index is 5.29. The quantitative estimate of drug-likeness (QED) is 0.110. The monoisotopic (exact) mass is 632 g/mol. The normalized spacial score (nSPS) is 13.1. The number of aromatic nitrogens is 1. The molecule has 0 amide bonds. The van der Waals surface area contributed by atoms with E-state index in [0.717, 1.165) is 39.0 Å². The van der Waals surface area contributed by atoms with E-state index in [1.54, 1.807) is 0 Å². The number of hydrogen-bond acceptors (Lipinski definition) is 4. The van der Waals surface area contributed by atoms with Gasteiger partial charge in [-0.2, -0.15) is 0 Å². The molecule has 0 saturated carbocycles. The fourth-order valence-corrected chi connectivity index (χ4v) is 8.44. The van der Waals surface area contributed by atoms with E-state index in [1.807, 2.05) is 6.07 Å². The first-order valence-corrected chi connectivity index (χ1v) is 17.1. The summed E-state index contributed by atoms with van der Waals surface area (Å²) in [5.41, 5.74) is 20.1. The van der Waals surface area contributed by atoms with Crippen molar-refractivity contribution in [2.75, 3.05) is 9.80 Å². The van der Waals surface area contributed by atoms with Gasteiger partial charge in [-0.1, -0.05) is 76.9 Å². The van der Waals surface area contributed by atoms with Crippen LogP contribution in [0.4, 0.5) is 39.8 Å².